The number of nitrogens with zero attached hydrogens (tertiary/aromatic N) is 1. The molecular formula is C12H16N2O3S2. The van der Waals surface area contributed by atoms with Crippen LogP contribution in [0.25, 0.3) is 11.1 Å². The van der Waals surface area contributed by atoms with Gasteiger partial charge in [-0.05, 0) is 30.1 Å². The number of sulfone groups is 1. The number of nitrogens with two attached hydrogens (primary N) is 1. The Hall–Kier alpha value is -1.21. The lowest BCUT2D eigenvalue weighted by Gasteiger charge is -1.99. The maximum atomic E-state index is 12.1. The second kappa shape index (κ2) is 5.83. The molecule has 1 heterocycles. The maximum absolute atomic E-state index is 12.1. The van der Waals surface area contributed by atoms with Crippen LogP contribution in [0.15, 0.2) is 27.8 Å². The summed E-state index contributed by atoms with van der Waals surface area (Å²) in [5.74, 6) is 1.87. The fourth-order valence-electron chi connectivity index (χ4n) is 1.64. The normalized spacial score (nSPS) is 12.1. The van der Waals surface area contributed by atoms with Crippen LogP contribution in [0.3, 0.4) is 0 Å². The fourth-order valence-corrected chi connectivity index (χ4v) is 3.61. The number of anilines is 1. The number of hydrogen-bond donors (Lipinski definition) is 1. The summed E-state index contributed by atoms with van der Waals surface area (Å²) in [5.41, 5.74) is 7.05. The molecule has 0 aliphatic carbocycles. The first-order chi connectivity index (χ1) is 9.03. The Kier molecular flexibility index (Phi) is 4.36. The summed E-state index contributed by atoms with van der Waals surface area (Å²) in [6.45, 7) is 2.05. The highest BCUT2D eigenvalue weighted by molar-refractivity contribution is 7.99. The van der Waals surface area contributed by atoms with Crippen LogP contribution < -0.4 is 5.73 Å². The highest BCUT2D eigenvalue weighted by Crippen LogP contribution is 2.22. The lowest BCUT2D eigenvalue weighted by atomic mass is 10.3. The molecule has 0 saturated carbocycles. The molecule has 0 aliphatic rings. The first-order valence-electron chi connectivity index (χ1n) is 5.99. The van der Waals surface area contributed by atoms with E-state index in [9.17, 15) is 8.42 Å². The Bertz CT molecular complexity index is 665. The van der Waals surface area contributed by atoms with Gasteiger partial charge in [-0.2, -0.15) is 16.7 Å². The highest BCUT2D eigenvalue weighted by atomic mass is 32.2. The molecule has 104 valence electrons. The van der Waals surface area contributed by atoms with Gasteiger partial charge < -0.3 is 10.2 Å². The van der Waals surface area contributed by atoms with Crippen LogP contribution in [0, 0.1) is 0 Å². The first-order valence-corrected chi connectivity index (χ1v) is 8.80. The SMILES string of the molecule is CCSCCCS(=O)(=O)c1nc2ccc(N)cc2o1. The molecule has 0 fully saturated rings. The van der Waals surface area contributed by atoms with Gasteiger partial charge in [0.1, 0.15) is 5.52 Å². The Morgan fingerprint density at radius 1 is 1.42 bits per heavy atom. The summed E-state index contributed by atoms with van der Waals surface area (Å²) in [6, 6.07) is 4.90. The van der Waals surface area contributed by atoms with Gasteiger partial charge >= 0.3 is 5.22 Å². The molecule has 0 radical (unpaired) electrons. The number of hydrogen-bond acceptors (Lipinski definition) is 6. The lowest BCUT2D eigenvalue weighted by molar-refractivity contribution is 0.458. The van der Waals surface area contributed by atoms with Gasteiger partial charge in [0.2, 0.25) is 9.84 Å². The fraction of sp³-hybridized carbons (Fsp3) is 0.417. The second-order valence-corrected chi connectivity index (χ2v) is 7.46. The quantitative estimate of drug-likeness (QED) is 0.651. The summed E-state index contributed by atoms with van der Waals surface area (Å²) in [4.78, 5) is 4.01. The van der Waals surface area contributed by atoms with Gasteiger partial charge in [0, 0.05) is 11.8 Å². The molecule has 2 N–H and O–H groups in total. The molecule has 7 heteroatoms. The van der Waals surface area contributed by atoms with Gasteiger partial charge in [0.25, 0.3) is 0 Å². The molecule has 19 heavy (non-hydrogen) atoms. The first kappa shape index (κ1) is 14.2. The third-order valence-electron chi connectivity index (χ3n) is 2.56. The Labute approximate surface area is 116 Å². The molecule has 5 nitrogen and oxygen atoms in total. The lowest BCUT2D eigenvalue weighted by Crippen LogP contribution is -2.08. The monoisotopic (exact) mass is 300 g/mol. The average Bonchev–Trinajstić information content (AvgIpc) is 2.78. The predicted molar refractivity (Wildman–Crippen MR) is 78.1 cm³/mol. The standard InChI is InChI=1S/C12H16N2O3S2/c1-2-18-6-3-7-19(15,16)12-14-10-5-4-9(13)8-11(10)17-12/h4-5,8H,2-3,6-7,13H2,1H3. The van der Waals surface area contributed by atoms with Gasteiger partial charge in [-0.15, -0.1) is 0 Å². The van der Waals surface area contributed by atoms with Gasteiger partial charge in [0.05, 0.1) is 5.75 Å². The topological polar surface area (TPSA) is 86.2 Å². The van der Waals surface area contributed by atoms with Crippen molar-refractivity contribution in [3.63, 3.8) is 0 Å². The molecule has 2 aromatic rings. The van der Waals surface area contributed by atoms with Crippen molar-refractivity contribution in [1.82, 2.24) is 4.98 Å². The molecule has 1 aromatic carbocycles. The van der Waals surface area contributed by atoms with Crippen molar-refractivity contribution in [3.8, 4) is 0 Å². The van der Waals surface area contributed by atoms with Crippen molar-refractivity contribution in [2.75, 3.05) is 23.0 Å². The van der Waals surface area contributed by atoms with E-state index in [0.717, 1.165) is 11.5 Å². The van der Waals surface area contributed by atoms with E-state index < -0.39 is 9.84 Å². The van der Waals surface area contributed by atoms with E-state index in [1.165, 1.54) is 0 Å². The summed E-state index contributed by atoms with van der Waals surface area (Å²) in [6.07, 6.45) is 0.599. The van der Waals surface area contributed by atoms with Crippen LogP contribution in [0.1, 0.15) is 13.3 Å². The third-order valence-corrected chi connectivity index (χ3v) is 5.08. The van der Waals surface area contributed by atoms with Crippen LogP contribution in [0.5, 0.6) is 0 Å². The third kappa shape index (κ3) is 3.42. The van der Waals surface area contributed by atoms with Gasteiger partial charge in [0.15, 0.2) is 5.58 Å². The molecule has 0 aliphatic heterocycles. The van der Waals surface area contributed by atoms with Gasteiger partial charge in [-0.3, -0.25) is 0 Å². The maximum Gasteiger partial charge on any atom is 0.316 e. The van der Waals surface area contributed by atoms with Crippen molar-refractivity contribution in [1.29, 1.82) is 0 Å². The van der Waals surface area contributed by atoms with Crippen molar-refractivity contribution in [2.24, 2.45) is 0 Å². The zero-order valence-corrected chi connectivity index (χ0v) is 12.3. The second-order valence-electron chi connectivity index (χ2n) is 4.08. The van der Waals surface area contributed by atoms with Gasteiger partial charge in [-0.25, -0.2) is 8.42 Å². The van der Waals surface area contributed by atoms with Crippen molar-refractivity contribution < 1.29 is 12.8 Å². The van der Waals surface area contributed by atoms with E-state index >= 15 is 0 Å². The average molecular weight is 300 g/mol. The Morgan fingerprint density at radius 3 is 2.95 bits per heavy atom. The number of oxazole rings is 1. The van der Waals surface area contributed by atoms with Crippen molar-refractivity contribution >= 4 is 38.4 Å². The van der Waals surface area contributed by atoms with E-state index in [1.807, 2.05) is 6.92 Å². The van der Waals surface area contributed by atoms with Crippen molar-refractivity contribution in [2.45, 2.75) is 18.6 Å². The predicted octanol–water partition coefficient (Wildman–Crippen LogP) is 2.33. The molecule has 0 amide bonds. The van der Waals surface area contributed by atoms with E-state index in [0.29, 0.717) is 23.2 Å². The van der Waals surface area contributed by atoms with Crippen molar-refractivity contribution in [3.05, 3.63) is 18.2 Å². The number of benzene rings is 1. The summed E-state index contributed by atoms with van der Waals surface area (Å²) < 4.78 is 29.4. The van der Waals surface area contributed by atoms with Crippen LogP contribution in [0.4, 0.5) is 5.69 Å². The zero-order chi connectivity index (χ0) is 13.9. The minimum absolute atomic E-state index is 0.0578. The molecule has 1 aromatic heterocycles. The largest absolute Gasteiger partial charge is 0.428 e. The minimum atomic E-state index is -3.45. The molecular weight excluding hydrogens is 284 g/mol. The van der Waals surface area contributed by atoms with E-state index in [-0.39, 0.29) is 11.0 Å². The summed E-state index contributed by atoms with van der Waals surface area (Å²) >= 11 is 1.72. The number of fused-ring (bicyclic) bond motifs is 1. The van der Waals surface area contributed by atoms with Gasteiger partial charge in [-0.1, -0.05) is 6.92 Å². The number of aromatic nitrogens is 1. The van der Waals surface area contributed by atoms with E-state index in [4.69, 9.17) is 10.2 Å². The molecule has 0 spiro atoms. The molecule has 2 rings (SSSR count). The number of thioether (sulfide) groups is 1. The summed E-state index contributed by atoms with van der Waals surface area (Å²) in [5, 5.41) is -0.213. The smallest absolute Gasteiger partial charge is 0.316 e. The molecule has 0 saturated heterocycles. The van der Waals surface area contributed by atoms with E-state index in [2.05, 4.69) is 4.98 Å². The zero-order valence-electron chi connectivity index (χ0n) is 10.6. The molecule has 0 atom stereocenters. The van der Waals surface area contributed by atoms with Crippen LogP contribution in [-0.4, -0.2) is 30.7 Å². The van der Waals surface area contributed by atoms with Crippen LogP contribution in [-0.2, 0) is 9.84 Å². The summed E-state index contributed by atoms with van der Waals surface area (Å²) in [7, 11) is -3.45. The molecule has 0 unspecified atom stereocenters. The van der Waals surface area contributed by atoms with Crippen LogP contribution in [0.2, 0.25) is 0 Å². The number of rotatable bonds is 6. The minimum Gasteiger partial charge on any atom is -0.428 e. The van der Waals surface area contributed by atoms with E-state index in [1.54, 1.807) is 30.0 Å². The Balaban J connectivity index is 2.18. The highest BCUT2D eigenvalue weighted by Gasteiger charge is 2.21. The number of nitrogen functional groups attached to an aromatic ring is 1. The Morgan fingerprint density at radius 2 is 2.21 bits per heavy atom. The molecule has 0 bridgehead atoms. The van der Waals surface area contributed by atoms with Crippen LogP contribution >= 0.6 is 11.8 Å².